The lowest BCUT2D eigenvalue weighted by Gasteiger charge is -2.10. The third-order valence-electron chi connectivity index (χ3n) is 2.98. The molecule has 1 heterocycles. The average molecular weight is 411 g/mol. The molecule has 0 aliphatic carbocycles. The number of amidine groups is 1. The van der Waals surface area contributed by atoms with E-state index in [1.165, 1.54) is 23.9 Å². The molecule has 0 spiro atoms. The van der Waals surface area contributed by atoms with Gasteiger partial charge in [-0.3, -0.25) is 14.6 Å². The van der Waals surface area contributed by atoms with Crippen LogP contribution in [0.25, 0.3) is 0 Å². The van der Waals surface area contributed by atoms with Crippen LogP contribution in [0.2, 0.25) is 15.1 Å². The number of carbonyl (C=O) groups excluding carboxylic acids is 2. The first-order valence-corrected chi connectivity index (χ1v) is 8.87. The number of rotatable bonds is 6. The predicted octanol–water partition coefficient (Wildman–Crippen LogP) is 3.21. The zero-order valence-electron chi connectivity index (χ0n) is 12.6. The van der Waals surface area contributed by atoms with Crippen molar-refractivity contribution >= 4 is 69.2 Å². The first-order valence-electron chi connectivity index (χ1n) is 6.86. The van der Waals surface area contributed by atoms with E-state index in [9.17, 15) is 9.59 Å². The molecule has 1 aromatic carbocycles. The van der Waals surface area contributed by atoms with Crippen molar-refractivity contribution < 1.29 is 14.3 Å². The molecule has 0 bridgehead atoms. The number of hydrogen-bond donors (Lipinski definition) is 2. The van der Waals surface area contributed by atoms with Gasteiger partial charge in [0.15, 0.2) is 5.17 Å². The molecule has 2 amide bonds. The molecule has 1 aliphatic rings. The molecule has 24 heavy (non-hydrogen) atoms. The zero-order chi connectivity index (χ0) is 17.7. The molecule has 10 heteroatoms. The molecule has 1 aliphatic heterocycles. The van der Waals surface area contributed by atoms with Gasteiger partial charge in [-0.25, -0.2) is 0 Å². The Morgan fingerprint density at radius 3 is 2.75 bits per heavy atom. The molecular weight excluding hydrogens is 397 g/mol. The fourth-order valence-corrected chi connectivity index (χ4v) is 3.43. The Hall–Kier alpha value is -0.990. The minimum absolute atomic E-state index is 0.0175. The van der Waals surface area contributed by atoms with E-state index in [-0.39, 0.29) is 28.3 Å². The highest BCUT2D eigenvalue weighted by Gasteiger charge is 2.32. The Morgan fingerprint density at radius 2 is 2.04 bits per heavy atom. The second kappa shape index (κ2) is 8.92. The highest BCUT2D eigenvalue weighted by molar-refractivity contribution is 8.15. The van der Waals surface area contributed by atoms with E-state index in [0.29, 0.717) is 29.0 Å². The van der Waals surface area contributed by atoms with E-state index >= 15 is 0 Å². The maximum absolute atomic E-state index is 12.1. The highest BCUT2D eigenvalue weighted by atomic mass is 35.5. The topological polar surface area (TPSA) is 79.8 Å². The molecule has 1 fully saturated rings. The summed E-state index contributed by atoms with van der Waals surface area (Å²) in [7, 11) is 1.57. The van der Waals surface area contributed by atoms with Crippen molar-refractivity contribution in [3.8, 4) is 0 Å². The number of halogens is 3. The number of nitrogens with one attached hydrogen (secondary N) is 2. The molecule has 6 nitrogen and oxygen atoms in total. The summed E-state index contributed by atoms with van der Waals surface area (Å²) in [4.78, 5) is 28.2. The number of thioether (sulfide) groups is 1. The molecule has 0 saturated carbocycles. The van der Waals surface area contributed by atoms with Crippen molar-refractivity contribution in [3.05, 3.63) is 27.2 Å². The number of amides is 2. The van der Waals surface area contributed by atoms with Crippen molar-refractivity contribution in [2.45, 2.75) is 11.7 Å². The van der Waals surface area contributed by atoms with E-state index in [1.54, 1.807) is 7.11 Å². The molecule has 130 valence electrons. The number of nitrogens with zero attached hydrogens (tertiary/aromatic N) is 1. The van der Waals surface area contributed by atoms with Crippen LogP contribution in [0.4, 0.5) is 5.69 Å². The van der Waals surface area contributed by atoms with E-state index in [1.807, 2.05) is 0 Å². The third kappa shape index (κ3) is 5.26. The summed E-state index contributed by atoms with van der Waals surface area (Å²) in [5.41, 5.74) is 0.341. The maximum Gasteiger partial charge on any atom is 0.240 e. The molecule has 1 aromatic rings. The minimum atomic E-state index is -0.548. The fourth-order valence-electron chi connectivity index (χ4n) is 1.84. The van der Waals surface area contributed by atoms with Crippen molar-refractivity contribution in [1.29, 1.82) is 0 Å². The van der Waals surface area contributed by atoms with Crippen LogP contribution >= 0.6 is 46.6 Å². The summed E-state index contributed by atoms with van der Waals surface area (Å²) in [6, 6.07) is 2.91. The standard InChI is InChI=1S/C14H14Cl3N3O3S/c1-23-3-2-18-14-20-13(22)11(24-14)6-12(21)19-10-5-8(16)7(15)4-9(10)17/h4-5,11H,2-3,6H2,1H3,(H,19,21)(H,18,20,22). The summed E-state index contributed by atoms with van der Waals surface area (Å²) < 4.78 is 4.89. The van der Waals surface area contributed by atoms with Gasteiger partial charge in [0, 0.05) is 13.5 Å². The molecule has 1 saturated heterocycles. The van der Waals surface area contributed by atoms with Gasteiger partial charge in [-0.2, -0.15) is 0 Å². The van der Waals surface area contributed by atoms with Crippen molar-refractivity contribution in [3.63, 3.8) is 0 Å². The van der Waals surface area contributed by atoms with Crippen molar-refractivity contribution in [2.24, 2.45) is 4.99 Å². The van der Waals surface area contributed by atoms with Crippen LogP contribution in [-0.2, 0) is 14.3 Å². The van der Waals surface area contributed by atoms with Gasteiger partial charge in [-0.1, -0.05) is 46.6 Å². The second-order valence-corrected chi connectivity index (χ2v) is 7.19. The van der Waals surface area contributed by atoms with Crippen molar-refractivity contribution in [1.82, 2.24) is 5.32 Å². The van der Waals surface area contributed by atoms with E-state index in [2.05, 4.69) is 15.6 Å². The van der Waals surface area contributed by atoms with Crippen LogP contribution in [0.15, 0.2) is 17.1 Å². The van der Waals surface area contributed by atoms with E-state index < -0.39 is 5.25 Å². The van der Waals surface area contributed by atoms with Crippen LogP contribution in [0.1, 0.15) is 6.42 Å². The number of benzene rings is 1. The van der Waals surface area contributed by atoms with Gasteiger partial charge in [0.1, 0.15) is 5.25 Å². The zero-order valence-corrected chi connectivity index (χ0v) is 15.7. The summed E-state index contributed by atoms with van der Waals surface area (Å²) in [5.74, 6) is -0.618. The number of hydrogen-bond acceptors (Lipinski definition) is 5. The van der Waals surface area contributed by atoms with Gasteiger partial charge < -0.3 is 15.4 Å². The van der Waals surface area contributed by atoms with Gasteiger partial charge in [0.25, 0.3) is 0 Å². The second-order valence-electron chi connectivity index (χ2n) is 4.77. The quantitative estimate of drug-likeness (QED) is 0.557. The molecule has 1 unspecified atom stereocenters. The monoisotopic (exact) mass is 409 g/mol. The fraction of sp³-hybridized carbons (Fsp3) is 0.357. The van der Waals surface area contributed by atoms with Crippen molar-refractivity contribution in [2.75, 3.05) is 25.6 Å². The van der Waals surface area contributed by atoms with Gasteiger partial charge in [0.2, 0.25) is 11.8 Å². The first-order chi connectivity index (χ1) is 11.4. The largest absolute Gasteiger partial charge is 0.383 e. The summed E-state index contributed by atoms with van der Waals surface area (Å²) in [6.07, 6.45) is -0.0175. The Labute approximate surface area is 158 Å². The van der Waals surface area contributed by atoms with Crippen LogP contribution in [0.3, 0.4) is 0 Å². The number of carbonyl (C=O) groups is 2. The Balaban J connectivity index is 1.94. The number of ether oxygens (including phenoxy) is 1. The lowest BCUT2D eigenvalue weighted by molar-refractivity contribution is -0.122. The molecule has 0 radical (unpaired) electrons. The van der Waals surface area contributed by atoms with Crippen LogP contribution < -0.4 is 10.6 Å². The highest BCUT2D eigenvalue weighted by Crippen LogP contribution is 2.32. The lowest BCUT2D eigenvalue weighted by Crippen LogP contribution is -2.28. The number of anilines is 1. The lowest BCUT2D eigenvalue weighted by atomic mass is 10.2. The Kier molecular flexibility index (Phi) is 7.18. The van der Waals surface area contributed by atoms with Gasteiger partial charge in [-0.05, 0) is 12.1 Å². The smallest absolute Gasteiger partial charge is 0.240 e. The van der Waals surface area contributed by atoms with Crippen LogP contribution in [-0.4, -0.2) is 42.5 Å². The summed E-state index contributed by atoms with van der Waals surface area (Å²) in [5, 5.41) is 6.04. The third-order valence-corrected chi connectivity index (χ3v) is 5.14. The minimum Gasteiger partial charge on any atom is -0.383 e. The molecule has 2 rings (SSSR count). The Morgan fingerprint density at radius 1 is 1.33 bits per heavy atom. The first kappa shape index (κ1) is 19.3. The number of methoxy groups -OCH3 is 1. The van der Waals surface area contributed by atoms with Gasteiger partial charge in [-0.15, -0.1) is 0 Å². The van der Waals surface area contributed by atoms with E-state index in [4.69, 9.17) is 39.5 Å². The molecular formula is C14H14Cl3N3O3S. The summed E-state index contributed by atoms with van der Waals surface area (Å²) >= 11 is 19.0. The molecule has 2 N–H and O–H groups in total. The maximum atomic E-state index is 12.1. The molecule has 1 atom stereocenters. The van der Waals surface area contributed by atoms with Gasteiger partial charge in [0.05, 0.1) is 33.9 Å². The predicted molar refractivity (Wildman–Crippen MR) is 98.4 cm³/mol. The van der Waals surface area contributed by atoms with Crippen LogP contribution in [0, 0.1) is 0 Å². The normalized spacial score (nSPS) is 18.8. The van der Waals surface area contributed by atoms with E-state index in [0.717, 1.165) is 0 Å². The summed E-state index contributed by atoms with van der Waals surface area (Å²) in [6.45, 7) is 0.901. The van der Waals surface area contributed by atoms with Gasteiger partial charge >= 0.3 is 0 Å². The average Bonchev–Trinajstić information content (AvgIpc) is 2.85. The Bertz CT molecular complexity index is 685. The number of aliphatic imine (C=N–C) groups is 1. The van der Waals surface area contributed by atoms with Crippen LogP contribution in [0.5, 0.6) is 0 Å². The molecule has 0 aromatic heterocycles. The SMILES string of the molecule is COCCN=C1NC(=O)C(CC(=O)Nc2cc(Cl)c(Cl)cc2Cl)S1.